The average Bonchev–Trinajstić information content (AvgIpc) is 3.31. The number of aromatic nitrogens is 2. The number of carboxylic acids is 1. The third kappa shape index (κ3) is 6.05. The molecule has 6 rings (SSSR count). The van der Waals surface area contributed by atoms with Crippen LogP contribution in [-0.2, 0) is 20.7 Å². The van der Waals surface area contributed by atoms with Gasteiger partial charge in [-0.3, -0.25) is 0 Å². The fourth-order valence-electron chi connectivity index (χ4n) is 6.17. The molecule has 43 heavy (non-hydrogen) atoms. The van der Waals surface area contributed by atoms with Crippen LogP contribution in [0.4, 0.5) is 4.39 Å². The molecule has 1 aromatic heterocycles. The molecule has 1 N–H and O–H groups in total. The lowest BCUT2D eigenvalue weighted by Gasteiger charge is -2.32. The largest absolute Gasteiger partial charge is 0.612 e. The maximum atomic E-state index is 15.5. The van der Waals surface area contributed by atoms with Gasteiger partial charge in [0.2, 0.25) is 5.95 Å². The molecule has 0 radical (unpaired) electrons. The quantitative estimate of drug-likeness (QED) is 0.127. The number of carboxylic acid groups (broad SMARTS) is 1. The van der Waals surface area contributed by atoms with E-state index in [-0.39, 0.29) is 6.23 Å². The molecule has 0 spiro atoms. The molecule has 1 aliphatic heterocycles. The summed E-state index contributed by atoms with van der Waals surface area (Å²) >= 11 is -1.09. The van der Waals surface area contributed by atoms with Crippen molar-refractivity contribution in [2.45, 2.75) is 56.6 Å². The van der Waals surface area contributed by atoms with E-state index in [2.05, 4.69) is 18.1 Å². The van der Waals surface area contributed by atoms with Gasteiger partial charge in [0.25, 0.3) is 0 Å². The van der Waals surface area contributed by atoms with Crippen molar-refractivity contribution in [1.29, 1.82) is 0 Å². The lowest BCUT2D eigenvalue weighted by molar-refractivity contribution is -0.131. The van der Waals surface area contributed by atoms with Crippen molar-refractivity contribution in [3.63, 3.8) is 0 Å². The van der Waals surface area contributed by atoms with Crippen LogP contribution >= 0.6 is 0 Å². The molecule has 2 fully saturated rings. The number of halogens is 1. The van der Waals surface area contributed by atoms with Crippen LogP contribution in [0.3, 0.4) is 0 Å². The van der Waals surface area contributed by atoms with Crippen LogP contribution in [0.5, 0.6) is 0 Å². The summed E-state index contributed by atoms with van der Waals surface area (Å²) in [5.41, 5.74) is 7.66. The molecule has 2 heterocycles. The number of allylic oxidation sites excluding steroid dienone is 1. The molecule has 1 aliphatic carbocycles. The van der Waals surface area contributed by atoms with E-state index in [0.717, 1.165) is 82.9 Å². The highest BCUT2D eigenvalue weighted by atomic mass is 32.2. The van der Waals surface area contributed by atoms with Crippen molar-refractivity contribution in [2.24, 2.45) is 5.92 Å². The summed E-state index contributed by atoms with van der Waals surface area (Å²) in [7, 11) is 0. The minimum Gasteiger partial charge on any atom is -0.612 e. The predicted octanol–water partition coefficient (Wildman–Crippen LogP) is 7.78. The summed E-state index contributed by atoms with van der Waals surface area (Å²) in [6.07, 6.45) is 10.2. The fraction of sp³-hybridized carbons (Fsp3) is 0.314. The number of aliphatic carboxylic acids is 1. The molecule has 3 aromatic carbocycles. The van der Waals surface area contributed by atoms with Gasteiger partial charge < -0.3 is 14.4 Å². The first kappa shape index (κ1) is 29.4. The number of rotatable bonds is 8. The molecule has 4 aromatic rings. The van der Waals surface area contributed by atoms with Crippen LogP contribution in [-0.4, -0.2) is 38.3 Å². The predicted molar refractivity (Wildman–Crippen MR) is 168 cm³/mol. The minimum atomic E-state index is -1.09. The van der Waals surface area contributed by atoms with Crippen molar-refractivity contribution < 1.29 is 23.6 Å². The van der Waals surface area contributed by atoms with Crippen molar-refractivity contribution in [2.75, 3.05) is 12.9 Å². The first-order chi connectivity index (χ1) is 20.8. The molecule has 1 saturated carbocycles. The van der Waals surface area contributed by atoms with Gasteiger partial charge in [-0.05, 0) is 131 Å². The molecular formula is C35H35FN2O4S. The summed E-state index contributed by atoms with van der Waals surface area (Å²) in [6, 6.07) is 19.7. The first-order valence-corrected chi connectivity index (χ1v) is 16.4. The summed E-state index contributed by atoms with van der Waals surface area (Å²) in [6.45, 7) is 2.70. The molecule has 0 amide bonds. The molecule has 2 aliphatic rings. The molecule has 2 atom stereocenters. The summed E-state index contributed by atoms with van der Waals surface area (Å²) in [4.78, 5) is 11.9. The molecule has 1 saturated heterocycles. The van der Waals surface area contributed by atoms with Crippen molar-refractivity contribution in [1.82, 2.24) is 9.78 Å². The van der Waals surface area contributed by atoms with E-state index < -0.39 is 23.1 Å². The Kier molecular flexibility index (Phi) is 8.52. The number of benzene rings is 3. The number of carbonyl (C=O) groups is 1. The lowest BCUT2D eigenvalue weighted by Crippen LogP contribution is -2.19. The summed E-state index contributed by atoms with van der Waals surface area (Å²) < 4.78 is 35.3. The Morgan fingerprint density at radius 1 is 1.05 bits per heavy atom. The molecule has 8 heteroatoms. The van der Waals surface area contributed by atoms with Crippen molar-refractivity contribution >= 4 is 45.3 Å². The second-order valence-corrected chi connectivity index (χ2v) is 12.8. The Balaban J connectivity index is 1.55. The van der Waals surface area contributed by atoms with Gasteiger partial charge in [0.1, 0.15) is 6.26 Å². The number of hydrogen-bond donors (Lipinski definition) is 1. The van der Waals surface area contributed by atoms with Crippen LogP contribution in [0.1, 0.15) is 72.6 Å². The van der Waals surface area contributed by atoms with Gasteiger partial charge in [-0.1, -0.05) is 36.8 Å². The van der Waals surface area contributed by atoms with Crippen LogP contribution < -0.4 is 0 Å². The van der Waals surface area contributed by atoms with Crippen LogP contribution in [0.15, 0.2) is 71.6 Å². The Hall–Kier alpha value is -3.72. The number of aryl methyl sites for hydroxylation is 1. The Bertz CT molecular complexity index is 1710. The SMILES string of the molecule is Cc1cc([S+](C)[O-])ccc1/C(=C(\c1ccc(C=CC(=O)O)cc1)c1ccc2c(c1)c(F)nn2C1CCCCO1)C1CCC1. The van der Waals surface area contributed by atoms with Gasteiger partial charge in [0, 0.05) is 12.7 Å². The van der Waals surface area contributed by atoms with Gasteiger partial charge >= 0.3 is 5.97 Å². The average molecular weight is 599 g/mol. The first-order valence-electron chi connectivity index (χ1n) is 14.8. The summed E-state index contributed by atoms with van der Waals surface area (Å²) in [5, 5.41) is 13.8. The number of ether oxygens (including phenoxy) is 1. The molecule has 0 bridgehead atoms. The maximum Gasteiger partial charge on any atom is 0.328 e. The second-order valence-electron chi connectivity index (χ2n) is 11.4. The van der Waals surface area contributed by atoms with Gasteiger partial charge in [-0.15, -0.1) is 5.10 Å². The molecule has 222 valence electrons. The second kappa shape index (κ2) is 12.5. The highest BCUT2D eigenvalue weighted by molar-refractivity contribution is 7.90. The third-order valence-electron chi connectivity index (χ3n) is 8.60. The Morgan fingerprint density at radius 2 is 1.81 bits per heavy atom. The van der Waals surface area contributed by atoms with Gasteiger partial charge in [-0.25, -0.2) is 9.48 Å². The maximum absolute atomic E-state index is 15.5. The highest BCUT2D eigenvalue weighted by Crippen LogP contribution is 2.46. The van der Waals surface area contributed by atoms with Gasteiger partial charge in [0.15, 0.2) is 11.1 Å². The topological polar surface area (TPSA) is 87.4 Å². The van der Waals surface area contributed by atoms with E-state index in [1.807, 2.05) is 54.6 Å². The normalized spacial score (nSPS) is 18.9. The van der Waals surface area contributed by atoms with Crippen LogP contribution in [0, 0.1) is 18.8 Å². The Morgan fingerprint density at radius 3 is 2.44 bits per heavy atom. The van der Waals surface area contributed by atoms with E-state index in [1.165, 1.54) is 5.57 Å². The minimum absolute atomic E-state index is 0.274. The zero-order chi connectivity index (χ0) is 30.1. The van der Waals surface area contributed by atoms with Crippen molar-refractivity contribution in [3.05, 3.63) is 101 Å². The monoisotopic (exact) mass is 598 g/mol. The van der Waals surface area contributed by atoms with Crippen molar-refractivity contribution in [3.8, 4) is 0 Å². The van der Waals surface area contributed by atoms with Gasteiger partial charge in [-0.2, -0.15) is 4.39 Å². The van der Waals surface area contributed by atoms with E-state index in [1.54, 1.807) is 17.0 Å². The van der Waals surface area contributed by atoms with Crippen LogP contribution in [0.2, 0.25) is 0 Å². The molecule has 6 nitrogen and oxygen atoms in total. The Labute approximate surface area is 254 Å². The zero-order valence-electron chi connectivity index (χ0n) is 24.4. The number of fused-ring (bicyclic) bond motifs is 1. The fourth-order valence-corrected chi connectivity index (χ4v) is 6.78. The number of nitrogens with zero attached hydrogens (tertiary/aromatic N) is 2. The van der Waals surface area contributed by atoms with Crippen LogP contribution in [0.25, 0.3) is 28.1 Å². The lowest BCUT2D eigenvalue weighted by atomic mass is 9.72. The highest BCUT2D eigenvalue weighted by Gasteiger charge is 2.29. The standard InChI is InChI=1S/C35H35FN2O4S/c1-22-20-27(43(2)41)15-16-28(22)34(24-6-5-7-24)33(25-12-9-23(10-13-25)11-18-32(39)40)26-14-17-30-29(21-26)35(36)37-38(30)31-8-3-4-19-42-31/h9-18,20-21,24,31H,3-8,19H2,1-2H3,(H,39,40)/b18-11?,34-33+. The zero-order valence-corrected chi connectivity index (χ0v) is 25.2. The third-order valence-corrected chi connectivity index (χ3v) is 9.52. The summed E-state index contributed by atoms with van der Waals surface area (Å²) in [5.74, 6) is -1.20. The molecule has 2 unspecified atom stereocenters. The van der Waals surface area contributed by atoms with E-state index in [4.69, 9.17) is 9.84 Å². The van der Waals surface area contributed by atoms with E-state index >= 15 is 4.39 Å². The molecular weight excluding hydrogens is 563 g/mol. The smallest absolute Gasteiger partial charge is 0.328 e. The van der Waals surface area contributed by atoms with E-state index in [9.17, 15) is 9.35 Å². The number of hydrogen-bond acceptors (Lipinski definition) is 4. The van der Waals surface area contributed by atoms with E-state index in [0.29, 0.717) is 23.4 Å². The van der Waals surface area contributed by atoms with Gasteiger partial charge in [0.05, 0.1) is 10.9 Å².